The van der Waals surface area contributed by atoms with E-state index in [9.17, 15) is 4.79 Å². The minimum Gasteiger partial charge on any atom is -0.287 e. The first-order valence-electron chi connectivity index (χ1n) is 5.25. The molecule has 0 spiro atoms. The van der Waals surface area contributed by atoms with E-state index in [1.807, 2.05) is 6.92 Å². The van der Waals surface area contributed by atoms with Gasteiger partial charge in [-0.05, 0) is 41.1 Å². The van der Waals surface area contributed by atoms with Gasteiger partial charge in [-0.3, -0.25) is 9.48 Å². The monoisotopic (exact) mass is 390 g/mol. The maximum Gasteiger partial charge on any atom is 0.212 e. The van der Waals surface area contributed by atoms with Crippen molar-refractivity contribution >= 4 is 49.2 Å². The molecule has 0 bridgehead atoms. The fraction of sp³-hybridized carbons (Fsp3) is 0.167. The van der Waals surface area contributed by atoms with Gasteiger partial charge in [0, 0.05) is 21.6 Å². The van der Waals surface area contributed by atoms with Gasteiger partial charge in [0.2, 0.25) is 5.78 Å². The van der Waals surface area contributed by atoms with E-state index in [-0.39, 0.29) is 5.78 Å². The van der Waals surface area contributed by atoms with Gasteiger partial charge < -0.3 is 0 Å². The Bertz CT molecular complexity index is 590. The van der Waals surface area contributed by atoms with E-state index < -0.39 is 0 Å². The van der Waals surface area contributed by atoms with Gasteiger partial charge in [0.05, 0.1) is 10.7 Å². The van der Waals surface area contributed by atoms with E-state index >= 15 is 0 Å². The molecule has 0 unspecified atom stereocenters. The molecule has 1 aromatic heterocycles. The zero-order valence-electron chi connectivity index (χ0n) is 9.45. The summed E-state index contributed by atoms with van der Waals surface area (Å²) in [5, 5.41) is 4.65. The number of ketones is 1. The molecule has 94 valence electrons. The van der Waals surface area contributed by atoms with Crippen LogP contribution >= 0.6 is 43.5 Å². The molecule has 0 aliphatic heterocycles. The molecule has 0 saturated carbocycles. The summed E-state index contributed by atoms with van der Waals surface area (Å²) in [4.78, 5) is 12.4. The molecule has 1 heterocycles. The SMILES string of the molecule is CCn1ncc(Br)c1C(=O)c1cc(Cl)cc(Br)c1. The summed E-state index contributed by atoms with van der Waals surface area (Å²) in [6.07, 6.45) is 1.62. The number of nitrogens with zero attached hydrogens (tertiary/aromatic N) is 2. The fourth-order valence-electron chi connectivity index (χ4n) is 1.65. The molecule has 2 aromatic rings. The topological polar surface area (TPSA) is 34.9 Å². The molecule has 0 aliphatic rings. The Hall–Kier alpha value is -0.650. The summed E-state index contributed by atoms with van der Waals surface area (Å²) < 4.78 is 3.11. The summed E-state index contributed by atoms with van der Waals surface area (Å²) >= 11 is 12.6. The minimum atomic E-state index is -0.107. The first-order chi connectivity index (χ1) is 8.52. The van der Waals surface area contributed by atoms with Gasteiger partial charge in [-0.25, -0.2) is 0 Å². The Morgan fingerprint density at radius 3 is 2.72 bits per heavy atom. The number of carbonyl (C=O) groups is 1. The summed E-state index contributed by atoms with van der Waals surface area (Å²) in [6.45, 7) is 2.57. The van der Waals surface area contributed by atoms with Gasteiger partial charge in [0.1, 0.15) is 5.69 Å². The summed E-state index contributed by atoms with van der Waals surface area (Å²) in [6, 6.07) is 5.13. The Kier molecular flexibility index (Phi) is 4.25. The molecule has 0 atom stereocenters. The number of aromatic nitrogens is 2. The highest BCUT2D eigenvalue weighted by Crippen LogP contribution is 2.24. The van der Waals surface area contributed by atoms with Crippen molar-refractivity contribution in [2.24, 2.45) is 0 Å². The molecule has 0 saturated heterocycles. The molecule has 0 amide bonds. The van der Waals surface area contributed by atoms with Crippen LogP contribution in [0, 0.1) is 0 Å². The summed E-state index contributed by atoms with van der Waals surface area (Å²) in [5.74, 6) is -0.107. The van der Waals surface area contributed by atoms with Crippen LogP contribution < -0.4 is 0 Å². The predicted molar refractivity (Wildman–Crippen MR) is 78.2 cm³/mol. The molecule has 2 rings (SSSR count). The number of rotatable bonds is 3. The van der Waals surface area contributed by atoms with Gasteiger partial charge in [-0.15, -0.1) is 0 Å². The normalized spacial score (nSPS) is 10.7. The van der Waals surface area contributed by atoms with Crippen LogP contribution in [0.5, 0.6) is 0 Å². The third-order valence-electron chi connectivity index (χ3n) is 2.43. The van der Waals surface area contributed by atoms with E-state index in [1.165, 1.54) is 0 Å². The molecule has 0 N–H and O–H groups in total. The Morgan fingerprint density at radius 1 is 1.39 bits per heavy atom. The predicted octanol–water partition coefficient (Wildman–Crippen LogP) is 4.31. The van der Waals surface area contributed by atoms with Crippen molar-refractivity contribution < 1.29 is 4.79 Å². The van der Waals surface area contributed by atoms with Crippen molar-refractivity contribution in [2.45, 2.75) is 13.5 Å². The average Bonchev–Trinajstić information content (AvgIpc) is 2.68. The molecule has 0 aliphatic carbocycles. The van der Waals surface area contributed by atoms with Crippen LogP contribution in [0.4, 0.5) is 0 Å². The van der Waals surface area contributed by atoms with Crippen LogP contribution in [-0.4, -0.2) is 15.6 Å². The summed E-state index contributed by atoms with van der Waals surface area (Å²) in [5.41, 5.74) is 1.07. The maximum absolute atomic E-state index is 12.4. The molecule has 0 fully saturated rings. The third-order valence-corrected chi connectivity index (χ3v) is 3.69. The van der Waals surface area contributed by atoms with Gasteiger partial charge in [-0.1, -0.05) is 27.5 Å². The zero-order chi connectivity index (χ0) is 13.3. The summed E-state index contributed by atoms with van der Waals surface area (Å²) in [7, 11) is 0. The van der Waals surface area contributed by atoms with E-state index in [1.54, 1.807) is 29.1 Å². The molecular weight excluding hydrogens is 383 g/mol. The first-order valence-corrected chi connectivity index (χ1v) is 7.21. The second kappa shape index (κ2) is 5.55. The van der Waals surface area contributed by atoms with Crippen molar-refractivity contribution in [2.75, 3.05) is 0 Å². The van der Waals surface area contributed by atoms with E-state index in [0.717, 1.165) is 4.47 Å². The number of benzene rings is 1. The van der Waals surface area contributed by atoms with Crippen molar-refractivity contribution in [3.8, 4) is 0 Å². The lowest BCUT2D eigenvalue weighted by Gasteiger charge is -2.06. The van der Waals surface area contributed by atoms with Gasteiger partial charge in [0.15, 0.2) is 0 Å². The average molecular weight is 392 g/mol. The highest BCUT2D eigenvalue weighted by molar-refractivity contribution is 9.10. The largest absolute Gasteiger partial charge is 0.287 e. The van der Waals surface area contributed by atoms with Crippen LogP contribution in [0.15, 0.2) is 33.3 Å². The van der Waals surface area contributed by atoms with Crippen molar-refractivity contribution in [3.05, 3.63) is 49.6 Å². The second-order valence-corrected chi connectivity index (χ2v) is 5.85. The Labute approximate surface area is 126 Å². The third kappa shape index (κ3) is 2.68. The Balaban J connectivity index is 2.50. The standard InChI is InChI=1S/C12H9Br2ClN2O/c1-2-17-11(10(14)6-16-17)12(18)7-3-8(13)5-9(15)4-7/h3-6H,2H2,1H3. The number of hydrogen-bond donors (Lipinski definition) is 0. The smallest absolute Gasteiger partial charge is 0.212 e. The van der Waals surface area contributed by atoms with E-state index in [4.69, 9.17) is 11.6 Å². The van der Waals surface area contributed by atoms with Crippen molar-refractivity contribution in [1.82, 2.24) is 9.78 Å². The lowest BCUT2D eigenvalue weighted by atomic mass is 10.1. The lowest BCUT2D eigenvalue weighted by molar-refractivity contribution is 0.102. The molecule has 1 aromatic carbocycles. The first kappa shape index (κ1) is 13.8. The maximum atomic E-state index is 12.4. The van der Waals surface area contributed by atoms with Crippen LogP contribution in [0.25, 0.3) is 0 Å². The van der Waals surface area contributed by atoms with E-state index in [2.05, 4.69) is 37.0 Å². The van der Waals surface area contributed by atoms with Gasteiger partial charge in [0.25, 0.3) is 0 Å². The van der Waals surface area contributed by atoms with Crippen LogP contribution in [0.1, 0.15) is 23.0 Å². The number of aryl methyl sites for hydroxylation is 1. The van der Waals surface area contributed by atoms with Crippen LogP contribution in [-0.2, 0) is 6.54 Å². The minimum absolute atomic E-state index is 0.107. The number of halogens is 3. The zero-order valence-corrected chi connectivity index (χ0v) is 13.4. The quantitative estimate of drug-likeness (QED) is 0.730. The highest BCUT2D eigenvalue weighted by Gasteiger charge is 2.18. The second-order valence-electron chi connectivity index (χ2n) is 3.64. The fourth-order valence-corrected chi connectivity index (χ4v) is 2.99. The molecule has 6 heteroatoms. The molecule has 18 heavy (non-hydrogen) atoms. The van der Waals surface area contributed by atoms with Crippen LogP contribution in [0.2, 0.25) is 5.02 Å². The number of carbonyl (C=O) groups excluding carboxylic acids is 1. The lowest BCUT2D eigenvalue weighted by Crippen LogP contribution is -2.11. The van der Waals surface area contributed by atoms with Crippen molar-refractivity contribution in [1.29, 1.82) is 0 Å². The Morgan fingerprint density at radius 2 is 2.11 bits per heavy atom. The van der Waals surface area contributed by atoms with Crippen molar-refractivity contribution in [3.63, 3.8) is 0 Å². The molecule has 0 radical (unpaired) electrons. The molecule has 3 nitrogen and oxygen atoms in total. The van der Waals surface area contributed by atoms with Crippen LogP contribution in [0.3, 0.4) is 0 Å². The van der Waals surface area contributed by atoms with Gasteiger partial charge in [-0.2, -0.15) is 5.10 Å². The van der Waals surface area contributed by atoms with Gasteiger partial charge >= 0.3 is 0 Å². The van der Waals surface area contributed by atoms with E-state index in [0.29, 0.717) is 27.3 Å². The molecular formula is C12H9Br2ClN2O. The highest BCUT2D eigenvalue weighted by atomic mass is 79.9. The number of hydrogen-bond acceptors (Lipinski definition) is 2.